The summed E-state index contributed by atoms with van der Waals surface area (Å²) in [7, 11) is 0. The van der Waals surface area contributed by atoms with Gasteiger partial charge in [0.1, 0.15) is 17.8 Å². The van der Waals surface area contributed by atoms with Gasteiger partial charge in [-0.3, -0.25) is 0 Å². The van der Waals surface area contributed by atoms with Crippen LogP contribution in [-0.4, -0.2) is 29.4 Å². The van der Waals surface area contributed by atoms with Crippen molar-refractivity contribution in [2.24, 2.45) is 0 Å². The number of ether oxygens (including phenoxy) is 2. The fraction of sp³-hybridized carbons (Fsp3) is 0.231. The van der Waals surface area contributed by atoms with Crippen molar-refractivity contribution in [2.75, 3.05) is 23.8 Å². The van der Waals surface area contributed by atoms with Crippen LogP contribution in [0.15, 0.2) is 77.6 Å². The highest BCUT2D eigenvalue weighted by Gasteiger charge is 2.15. The number of anilines is 3. The van der Waals surface area contributed by atoms with E-state index in [9.17, 15) is 0 Å². The van der Waals surface area contributed by atoms with Crippen molar-refractivity contribution < 1.29 is 14.0 Å². The number of rotatable bonds is 8. The first-order chi connectivity index (χ1) is 16.7. The van der Waals surface area contributed by atoms with Crippen LogP contribution in [0.1, 0.15) is 24.0 Å². The van der Waals surface area contributed by atoms with Crippen molar-refractivity contribution in [3.8, 4) is 11.6 Å². The van der Waals surface area contributed by atoms with Gasteiger partial charge in [0, 0.05) is 48.0 Å². The van der Waals surface area contributed by atoms with Gasteiger partial charge in [-0.2, -0.15) is 0 Å². The molecule has 0 aliphatic carbocycles. The summed E-state index contributed by atoms with van der Waals surface area (Å²) in [5.41, 5.74) is 4.16. The second-order valence-electron chi connectivity index (χ2n) is 8.16. The van der Waals surface area contributed by atoms with Crippen LogP contribution in [0.3, 0.4) is 0 Å². The molecule has 3 heterocycles. The Hall–Kier alpha value is -3.55. The average molecular weight is 477 g/mol. The summed E-state index contributed by atoms with van der Waals surface area (Å²) < 4.78 is 15.9. The van der Waals surface area contributed by atoms with Crippen LogP contribution in [0.25, 0.3) is 0 Å². The Morgan fingerprint density at radius 1 is 0.971 bits per heavy atom. The lowest BCUT2D eigenvalue weighted by Gasteiger charge is -2.24. The van der Waals surface area contributed by atoms with Gasteiger partial charge in [0.2, 0.25) is 0 Å². The maximum atomic E-state index is 6.08. The number of halogens is 1. The summed E-state index contributed by atoms with van der Waals surface area (Å²) in [6.45, 7) is 1.58. The third-order valence-electron chi connectivity index (χ3n) is 5.62. The van der Waals surface area contributed by atoms with E-state index in [0.717, 1.165) is 65.8 Å². The molecule has 0 unspecified atom stereocenters. The molecule has 0 atom stereocenters. The van der Waals surface area contributed by atoms with Gasteiger partial charge >= 0.3 is 0 Å². The molecule has 2 aromatic heterocycles. The molecule has 1 aliphatic heterocycles. The van der Waals surface area contributed by atoms with E-state index in [1.807, 2.05) is 54.7 Å². The van der Waals surface area contributed by atoms with Gasteiger partial charge in [-0.15, -0.1) is 0 Å². The number of aromatic nitrogens is 2. The molecule has 4 aromatic rings. The Balaban J connectivity index is 1.35. The van der Waals surface area contributed by atoms with E-state index < -0.39 is 0 Å². The number of hydrogen-bond donors (Lipinski definition) is 2. The molecule has 0 bridgehead atoms. The molecule has 34 heavy (non-hydrogen) atoms. The van der Waals surface area contributed by atoms with Crippen molar-refractivity contribution in [3.63, 3.8) is 0 Å². The van der Waals surface area contributed by atoms with E-state index in [0.29, 0.717) is 17.7 Å². The Morgan fingerprint density at radius 3 is 2.50 bits per heavy atom. The van der Waals surface area contributed by atoms with Crippen LogP contribution in [0.2, 0.25) is 5.02 Å². The zero-order valence-electron chi connectivity index (χ0n) is 18.5. The largest absolute Gasteiger partial charge is 0.436 e. The Morgan fingerprint density at radius 2 is 1.76 bits per heavy atom. The molecule has 1 fully saturated rings. The molecule has 174 valence electrons. The van der Waals surface area contributed by atoms with Gasteiger partial charge in [0.05, 0.1) is 11.9 Å². The highest BCUT2D eigenvalue weighted by atomic mass is 35.5. The zero-order chi connectivity index (χ0) is 23.2. The van der Waals surface area contributed by atoms with E-state index in [2.05, 4.69) is 21.9 Å². The topological polar surface area (TPSA) is 81.4 Å². The van der Waals surface area contributed by atoms with E-state index >= 15 is 0 Å². The van der Waals surface area contributed by atoms with Crippen LogP contribution < -0.4 is 15.4 Å². The van der Waals surface area contributed by atoms with E-state index in [-0.39, 0.29) is 0 Å². The Bertz CT molecular complexity index is 1190. The molecular formula is C26H25ClN4O3. The van der Waals surface area contributed by atoms with Gasteiger partial charge in [0.25, 0.3) is 5.88 Å². The maximum absolute atomic E-state index is 6.08. The molecule has 0 spiro atoms. The van der Waals surface area contributed by atoms with E-state index in [1.54, 1.807) is 6.07 Å². The fourth-order valence-electron chi connectivity index (χ4n) is 3.85. The molecule has 2 aromatic carbocycles. The Kier molecular flexibility index (Phi) is 6.93. The third kappa shape index (κ3) is 5.87. The lowest BCUT2D eigenvalue weighted by atomic mass is 10.0. The molecule has 1 aliphatic rings. The first-order valence-corrected chi connectivity index (χ1v) is 11.6. The predicted molar refractivity (Wildman–Crippen MR) is 132 cm³/mol. The van der Waals surface area contributed by atoms with Gasteiger partial charge in [-0.1, -0.05) is 23.7 Å². The molecular weight excluding hydrogens is 452 g/mol. The summed E-state index contributed by atoms with van der Waals surface area (Å²) in [5, 5.41) is 11.6. The maximum Gasteiger partial charge on any atom is 0.259 e. The quantitative estimate of drug-likeness (QED) is 0.303. The summed E-state index contributed by atoms with van der Waals surface area (Å²) in [5.74, 6) is 1.89. The first kappa shape index (κ1) is 22.3. The number of nitrogens with one attached hydrogen (secondary N) is 2. The molecule has 2 N–H and O–H groups in total. The van der Waals surface area contributed by atoms with Crippen LogP contribution in [0.4, 0.5) is 17.2 Å². The lowest BCUT2D eigenvalue weighted by Crippen LogP contribution is -2.27. The van der Waals surface area contributed by atoms with Crippen molar-refractivity contribution in [3.05, 3.63) is 89.3 Å². The fourth-order valence-corrected chi connectivity index (χ4v) is 3.98. The second-order valence-corrected chi connectivity index (χ2v) is 8.59. The van der Waals surface area contributed by atoms with E-state index in [4.69, 9.17) is 30.6 Å². The monoisotopic (exact) mass is 476 g/mol. The van der Waals surface area contributed by atoms with Gasteiger partial charge in [0.15, 0.2) is 0 Å². The molecule has 0 saturated carbocycles. The predicted octanol–water partition coefficient (Wildman–Crippen LogP) is 6.44. The number of nitrogens with zero attached hydrogens (tertiary/aromatic N) is 2. The SMILES string of the molecule is Clc1ccc(Cc2cc(NC3CCOCC3)cnc2Nc2ccc(Oc3ccon3)cc2)cc1. The van der Waals surface area contributed by atoms with Crippen LogP contribution in [0, 0.1) is 0 Å². The standard InChI is InChI=1S/C26H25ClN4O3/c27-20-3-1-18(2-4-20)15-19-16-23(29-22-9-12-32-13-10-22)17-28-26(19)30-21-5-7-24(8-6-21)34-25-11-14-33-31-25/h1-8,11,14,16-17,22,29H,9-10,12-13,15H2,(H,28,30). The molecule has 7 nitrogen and oxygen atoms in total. The molecule has 0 amide bonds. The summed E-state index contributed by atoms with van der Waals surface area (Å²) in [6, 6.07) is 19.8. The van der Waals surface area contributed by atoms with Crippen LogP contribution in [0.5, 0.6) is 11.6 Å². The lowest BCUT2D eigenvalue weighted by molar-refractivity contribution is 0.0904. The third-order valence-corrected chi connectivity index (χ3v) is 5.87. The zero-order valence-corrected chi connectivity index (χ0v) is 19.3. The van der Waals surface area contributed by atoms with Gasteiger partial charge < -0.3 is 24.6 Å². The number of hydrogen-bond acceptors (Lipinski definition) is 7. The summed E-state index contributed by atoms with van der Waals surface area (Å²) >= 11 is 6.08. The van der Waals surface area contributed by atoms with Crippen molar-refractivity contribution >= 4 is 28.8 Å². The van der Waals surface area contributed by atoms with Crippen molar-refractivity contribution in [1.29, 1.82) is 0 Å². The summed E-state index contributed by atoms with van der Waals surface area (Å²) in [6.07, 6.45) is 6.07. The van der Waals surface area contributed by atoms with Crippen molar-refractivity contribution in [2.45, 2.75) is 25.3 Å². The Labute approximate surface area is 203 Å². The van der Waals surface area contributed by atoms with Crippen LogP contribution in [-0.2, 0) is 11.2 Å². The molecule has 5 rings (SSSR count). The molecule has 0 radical (unpaired) electrons. The van der Waals surface area contributed by atoms with Gasteiger partial charge in [-0.25, -0.2) is 4.98 Å². The summed E-state index contributed by atoms with van der Waals surface area (Å²) in [4.78, 5) is 4.75. The van der Waals surface area contributed by atoms with Crippen LogP contribution >= 0.6 is 11.6 Å². The number of benzene rings is 2. The normalized spacial score (nSPS) is 14.0. The highest BCUT2D eigenvalue weighted by molar-refractivity contribution is 6.30. The average Bonchev–Trinajstić information content (AvgIpc) is 3.37. The minimum Gasteiger partial charge on any atom is -0.436 e. The molecule has 8 heteroatoms. The van der Waals surface area contributed by atoms with E-state index in [1.165, 1.54) is 6.26 Å². The molecule has 1 saturated heterocycles. The first-order valence-electron chi connectivity index (χ1n) is 11.2. The van der Waals surface area contributed by atoms with Crippen molar-refractivity contribution in [1.82, 2.24) is 10.1 Å². The minimum absolute atomic E-state index is 0.398. The second kappa shape index (κ2) is 10.6. The van der Waals surface area contributed by atoms with Gasteiger partial charge in [-0.05, 0) is 66.0 Å². The highest BCUT2D eigenvalue weighted by Crippen LogP contribution is 2.28. The minimum atomic E-state index is 0.398. The smallest absolute Gasteiger partial charge is 0.259 e. The number of pyridine rings is 1.